The number of rotatable bonds is 5. The Morgan fingerprint density at radius 3 is 2.18 bits per heavy atom. The average molecular weight is 360 g/mol. The van der Waals surface area contributed by atoms with E-state index < -0.39 is 11.2 Å². The maximum atomic E-state index is 10.2. The van der Waals surface area contributed by atoms with Gasteiger partial charge in [-0.25, -0.2) is 0 Å². The second-order valence-corrected chi connectivity index (χ2v) is 7.36. The van der Waals surface area contributed by atoms with Crippen molar-refractivity contribution in [2.45, 2.75) is 38.9 Å². The van der Waals surface area contributed by atoms with Crippen molar-refractivity contribution >= 4 is 28.9 Å². The van der Waals surface area contributed by atoms with Gasteiger partial charge >= 0.3 is 7.48 Å². The zero-order valence-corrected chi connectivity index (χ0v) is 15.0. The maximum Gasteiger partial charge on any atom is 0.330 e. The summed E-state index contributed by atoms with van der Waals surface area (Å²) in [5.74, 6) is 0. The topological polar surface area (TPSA) is 29.5 Å². The molecule has 2 aromatic carbocycles. The Kier molecular flexibility index (Phi) is 5.16. The van der Waals surface area contributed by atoms with Crippen LogP contribution in [-0.4, -0.2) is 23.8 Å². The highest BCUT2D eigenvalue weighted by Crippen LogP contribution is 2.25. The Morgan fingerprint density at radius 1 is 0.955 bits per heavy atom. The minimum absolute atomic E-state index is 0.678. The van der Waals surface area contributed by atoms with Gasteiger partial charge in [0, 0.05) is 4.47 Å². The molecule has 1 N–H and O–H groups in total. The average Bonchev–Trinajstić information content (AvgIpc) is 2.44. The molecular formula is C18H21BBrO2. The van der Waals surface area contributed by atoms with Gasteiger partial charge in [-0.15, -0.1) is 0 Å². The summed E-state index contributed by atoms with van der Waals surface area (Å²) in [4.78, 5) is 0. The van der Waals surface area contributed by atoms with E-state index in [4.69, 9.17) is 4.65 Å². The third kappa shape index (κ3) is 4.22. The Bertz CT molecular complexity index is 633. The fraction of sp³-hybridized carbons (Fsp3) is 0.333. The first kappa shape index (κ1) is 17.3. The van der Waals surface area contributed by atoms with Crippen LogP contribution in [0.25, 0.3) is 11.1 Å². The van der Waals surface area contributed by atoms with Crippen molar-refractivity contribution in [2.24, 2.45) is 0 Å². The van der Waals surface area contributed by atoms with E-state index in [1.165, 1.54) is 0 Å². The first-order valence-electron chi connectivity index (χ1n) is 7.28. The number of halogens is 1. The van der Waals surface area contributed by atoms with Gasteiger partial charge in [0.05, 0.1) is 11.2 Å². The van der Waals surface area contributed by atoms with Crippen LogP contribution in [0.3, 0.4) is 0 Å². The fourth-order valence-corrected chi connectivity index (χ4v) is 2.35. The molecule has 2 aromatic rings. The summed E-state index contributed by atoms with van der Waals surface area (Å²) < 4.78 is 6.82. The lowest BCUT2D eigenvalue weighted by Gasteiger charge is -2.37. The predicted molar refractivity (Wildman–Crippen MR) is 96.4 cm³/mol. The molecule has 0 heterocycles. The molecular weight excluding hydrogens is 339 g/mol. The van der Waals surface area contributed by atoms with Gasteiger partial charge in [0.25, 0.3) is 0 Å². The second-order valence-electron chi connectivity index (χ2n) is 6.44. The highest BCUT2D eigenvalue weighted by Gasteiger charge is 2.35. The first-order chi connectivity index (χ1) is 10.2. The smallest absolute Gasteiger partial charge is 0.330 e. The van der Waals surface area contributed by atoms with E-state index in [1.54, 1.807) is 21.3 Å². The van der Waals surface area contributed by atoms with Gasteiger partial charge in [0.2, 0.25) is 0 Å². The Labute approximate surface area is 141 Å². The molecule has 0 aliphatic heterocycles. The number of benzene rings is 2. The molecule has 1 radical (unpaired) electrons. The van der Waals surface area contributed by atoms with Crippen LogP contribution >= 0.6 is 15.9 Å². The van der Waals surface area contributed by atoms with Crippen LogP contribution in [0, 0.1) is 0 Å². The molecule has 0 spiro atoms. The molecule has 0 unspecified atom stereocenters. The molecule has 0 fully saturated rings. The second kappa shape index (κ2) is 6.57. The van der Waals surface area contributed by atoms with Crippen LogP contribution in [0.5, 0.6) is 0 Å². The summed E-state index contributed by atoms with van der Waals surface area (Å²) >= 11 is 3.55. The summed E-state index contributed by atoms with van der Waals surface area (Å²) in [6.45, 7) is 7.24. The number of hydrogen-bond donors (Lipinski definition) is 1. The maximum absolute atomic E-state index is 10.2. The predicted octanol–water partition coefficient (Wildman–Crippen LogP) is 3.93. The normalized spacial score (nSPS) is 12.3. The summed E-state index contributed by atoms with van der Waals surface area (Å²) in [5.41, 5.74) is 1.61. The van der Waals surface area contributed by atoms with E-state index in [0.717, 1.165) is 21.1 Å². The van der Waals surface area contributed by atoms with E-state index in [0.29, 0.717) is 0 Å². The van der Waals surface area contributed by atoms with Crippen molar-refractivity contribution in [3.8, 4) is 11.1 Å². The highest BCUT2D eigenvalue weighted by molar-refractivity contribution is 9.10. The minimum atomic E-state index is -0.933. The molecule has 4 heteroatoms. The third-order valence-corrected chi connectivity index (χ3v) is 4.45. The van der Waals surface area contributed by atoms with Crippen molar-refractivity contribution in [3.05, 3.63) is 53.0 Å². The van der Waals surface area contributed by atoms with E-state index in [2.05, 4.69) is 40.2 Å². The molecule has 0 atom stereocenters. The summed E-state index contributed by atoms with van der Waals surface area (Å²) in [5, 5.41) is 10.2. The molecule has 0 saturated heterocycles. The van der Waals surface area contributed by atoms with Crippen LogP contribution in [-0.2, 0) is 4.65 Å². The van der Waals surface area contributed by atoms with Gasteiger partial charge in [0.15, 0.2) is 0 Å². The van der Waals surface area contributed by atoms with Crippen LogP contribution in [0.15, 0.2) is 53.0 Å². The van der Waals surface area contributed by atoms with Gasteiger partial charge in [0.1, 0.15) is 0 Å². The summed E-state index contributed by atoms with van der Waals surface area (Å²) in [6.07, 6.45) is 0. The molecule has 22 heavy (non-hydrogen) atoms. The Balaban J connectivity index is 2.21. The Morgan fingerprint density at radius 2 is 1.59 bits per heavy atom. The summed E-state index contributed by atoms with van der Waals surface area (Å²) in [7, 11) is 1.70. The standard InChI is InChI=1S/C18H21BBrO2/c1-17(2,21)18(3,4)22-19-15-10-14(11-16(20)12-15)13-8-6-5-7-9-13/h5-12,21H,1-4H3. The zero-order chi connectivity index (χ0) is 16.4. The molecule has 0 saturated carbocycles. The Hall–Kier alpha value is -1.10. The van der Waals surface area contributed by atoms with Gasteiger partial charge in [-0.3, -0.25) is 0 Å². The minimum Gasteiger partial charge on any atom is -0.427 e. The monoisotopic (exact) mass is 359 g/mol. The van der Waals surface area contributed by atoms with Crippen molar-refractivity contribution < 1.29 is 9.76 Å². The van der Waals surface area contributed by atoms with Crippen molar-refractivity contribution in [1.29, 1.82) is 0 Å². The lowest BCUT2D eigenvalue weighted by Crippen LogP contribution is -2.49. The highest BCUT2D eigenvalue weighted by atomic mass is 79.9. The lowest BCUT2D eigenvalue weighted by atomic mass is 9.81. The van der Waals surface area contributed by atoms with Gasteiger partial charge < -0.3 is 9.76 Å². The fourth-order valence-electron chi connectivity index (χ4n) is 1.84. The SMILES string of the molecule is CC(C)(O)C(C)(C)O[B]c1cc(Br)cc(-c2ccccc2)c1. The van der Waals surface area contributed by atoms with E-state index in [1.807, 2.05) is 38.1 Å². The lowest BCUT2D eigenvalue weighted by molar-refractivity contribution is -0.0893. The molecule has 115 valence electrons. The number of hydrogen-bond acceptors (Lipinski definition) is 2. The van der Waals surface area contributed by atoms with Crippen molar-refractivity contribution in [3.63, 3.8) is 0 Å². The molecule has 2 nitrogen and oxygen atoms in total. The number of aliphatic hydroxyl groups is 1. The molecule has 0 bridgehead atoms. The summed E-state index contributed by atoms with van der Waals surface area (Å²) in [6, 6.07) is 16.3. The third-order valence-electron chi connectivity index (χ3n) is 3.99. The van der Waals surface area contributed by atoms with Gasteiger partial charge in [-0.2, -0.15) is 0 Å². The van der Waals surface area contributed by atoms with Gasteiger partial charge in [-0.1, -0.05) is 63.9 Å². The van der Waals surface area contributed by atoms with E-state index in [9.17, 15) is 5.11 Å². The van der Waals surface area contributed by atoms with Crippen molar-refractivity contribution in [1.82, 2.24) is 0 Å². The molecule has 0 aliphatic rings. The first-order valence-corrected chi connectivity index (χ1v) is 8.08. The van der Waals surface area contributed by atoms with Crippen LogP contribution in [0.1, 0.15) is 27.7 Å². The van der Waals surface area contributed by atoms with Crippen LogP contribution < -0.4 is 5.46 Å². The van der Waals surface area contributed by atoms with Crippen LogP contribution in [0.2, 0.25) is 0 Å². The quantitative estimate of drug-likeness (QED) is 0.819. The molecule has 0 aliphatic carbocycles. The molecule has 2 rings (SSSR count). The van der Waals surface area contributed by atoms with Crippen LogP contribution in [0.4, 0.5) is 0 Å². The largest absolute Gasteiger partial charge is 0.427 e. The van der Waals surface area contributed by atoms with Gasteiger partial charge in [-0.05, 0) is 44.9 Å². The zero-order valence-electron chi connectivity index (χ0n) is 13.4. The van der Waals surface area contributed by atoms with E-state index >= 15 is 0 Å². The van der Waals surface area contributed by atoms with E-state index in [-0.39, 0.29) is 0 Å². The molecule has 0 amide bonds. The van der Waals surface area contributed by atoms with Crippen molar-refractivity contribution in [2.75, 3.05) is 0 Å². The molecule has 0 aromatic heterocycles.